The second-order valence-electron chi connectivity index (χ2n) is 6.80. The van der Waals surface area contributed by atoms with Gasteiger partial charge in [0.2, 0.25) is 0 Å². The topological polar surface area (TPSA) is 90.2 Å². The lowest BCUT2D eigenvalue weighted by atomic mass is 9.85. The Hall–Kier alpha value is -1.63. The van der Waals surface area contributed by atoms with Crippen molar-refractivity contribution in [3.63, 3.8) is 0 Å². The van der Waals surface area contributed by atoms with Crippen molar-refractivity contribution in [1.82, 2.24) is 4.90 Å². The van der Waals surface area contributed by atoms with E-state index in [2.05, 4.69) is 4.74 Å². The van der Waals surface area contributed by atoms with Gasteiger partial charge in [-0.3, -0.25) is 4.79 Å². The molecule has 0 spiro atoms. The first-order valence-electron chi connectivity index (χ1n) is 7.59. The molecule has 6 nitrogen and oxygen atoms in total. The molecule has 6 heteroatoms. The quantitative estimate of drug-likeness (QED) is 0.706. The number of aliphatic hydroxyl groups is 2. The summed E-state index contributed by atoms with van der Waals surface area (Å²) in [6.07, 6.45) is -1.14. The molecule has 0 saturated carbocycles. The van der Waals surface area contributed by atoms with Gasteiger partial charge in [0.25, 0.3) is 6.47 Å². The van der Waals surface area contributed by atoms with Crippen LogP contribution in [0.4, 0.5) is 0 Å². The number of likely N-dealkylation sites (tertiary alicyclic amines) is 1. The number of benzene rings is 1. The summed E-state index contributed by atoms with van der Waals surface area (Å²) in [5, 5.41) is 29.1. The molecule has 0 aliphatic carbocycles. The smallest absolute Gasteiger partial charge is 0.293 e. The van der Waals surface area contributed by atoms with Crippen LogP contribution in [-0.4, -0.2) is 64.6 Å². The molecule has 0 bridgehead atoms. The highest BCUT2D eigenvalue weighted by Crippen LogP contribution is 2.29. The van der Waals surface area contributed by atoms with Crippen LogP contribution in [0.15, 0.2) is 24.3 Å². The van der Waals surface area contributed by atoms with Crippen LogP contribution < -0.4 is 0 Å². The fourth-order valence-corrected chi connectivity index (χ4v) is 2.48. The molecule has 0 amide bonds. The van der Waals surface area contributed by atoms with Crippen LogP contribution in [0.2, 0.25) is 0 Å². The van der Waals surface area contributed by atoms with Gasteiger partial charge in [-0.2, -0.15) is 0 Å². The van der Waals surface area contributed by atoms with Crippen LogP contribution in [-0.2, 0) is 9.53 Å². The van der Waals surface area contributed by atoms with Gasteiger partial charge in [0.1, 0.15) is 11.4 Å². The largest absolute Gasteiger partial charge is 0.508 e. The SMILES string of the molecule is CC(C)(C)OC=O.CN1CC(O)C(c2ccc(O)cc2)[C@H](O)C1. The van der Waals surface area contributed by atoms with E-state index < -0.39 is 12.2 Å². The minimum Gasteiger partial charge on any atom is -0.508 e. The Morgan fingerprint density at radius 1 is 1.13 bits per heavy atom. The maximum atomic E-state index is 9.97. The lowest BCUT2D eigenvalue weighted by Gasteiger charge is -2.37. The van der Waals surface area contributed by atoms with Crippen molar-refractivity contribution in [3.05, 3.63) is 29.8 Å². The van der Waals surface area contributed by atoms with Gasteiger partial charge in [-0.05, 0) is 45.5 Å². The average molecular weight is 325 g/mol. The molecule has 0 radical (unpaired) electrons. The Kier molecular flexibility index (Phi) is 7.00. The third-order valence-electron chi connectivity index (χ3n) is 3.51. The van der Waals surface area contributed by atoms with Crippen LogP contribution in [0.3, 0.4) is 0 Å². The van der Waals surface area contributed by atoms with Crippen molar-refractivity contribution in [3.8, 4) is 5.75 Å². The van der Waals surface area contributed by atoms with E-state index in [9.17, 15) is 20.1 Å². The number of carbonyl (C=O) groups excluding carboxylic acids is 1. The number of phenolic OH excluding ortho intramolecular Hbond substituents is 1. The summed E-state index contributed by atoms with van der Waals surface area (Å²) in [6.45, 7) is 7.04. The molecule has 1 fully saturated rings. The van der Waals surface area contributed by atoms with E-state index in [1.807, 2.05) is 32.7 Å². The molecule has 2 rings (SSSR count). The molecule has 1 aliphatic heterocycles. The second-order valence-corrected chi connectivity index (χ2v) is 6.80. The first kappa shape index (κ1) is 19.4. The minimum atomic E-state index is -0.571. The number of aromatic hydroxyl groups is 1. The molecule has 3 N–H and O–H groups in total. The molecule has 2 unspecified atom stereocenters. The zero-order valence-corrected chi connectivity index (χ0v) is 14.1. The summed E-state index contributed by atoms with van der Waals surface area (Å²) in [6, 6.07) is 6.65. The predicted molar refractivity (Wildman–Crippen MR) is 87.3 cm³/mol. The number of nitrogens with zero attached hydrogens (tertiary/aromatic N) is 1. The number of aliphatic hydroxyl groups excluding tert-OH is 2. The first-order valence-corrected chi connectivity index (χ1v) is 7.59. The molecule has 1 saturated heterocycles. The van der Waals surface area contributed by atoms with Crippen LogP contribution in [0, 0.1) is 0 Å². The number of hydrogen-bond acceptors (Lipinski definition) is 6. The lowest BCUT2D eigenvalue weighted by molar-refractivity contribution is -0.138. The van der Waals surface area contributed by atoms with E-state index in [4.69, 9.17) is 0 Å². The fraction of sp³-hybridized carbons (Fsp3) is 0.588. The number of ether oxygens (including phenoxy) is 1. The van der Waals surface area contributed by atoms with Gasteiger partial charge in [0, 0.05) is 19.0 Å². The van der Waals surface area contributed by atoms with E-state index in [0.717, 1.165) is 5.56 Å². The van der Waals surface area contributed by atoms with Gasteiger partial charge in [0.15, 0.2) is 0 Å². The minimum absolute atomic E-state index is 0.195. The fourth-order valence-electron chi connectivity index (χ4n) is 2.48. The van der Waals surface area contributed by atoms with Gasteiger partial charge in [-0.15, -0.1) is 0 Å². The highest BCUT2D eigenvalue weighted by Gasteiger charge is 2.34. The average Bonchev–Trinajstić information content (AvgIpc) is 2.39. The van der Waals surface area contributed by atoms with E-state index in [1.54, 1.807) is 24.3 Å². The van der Waals surface area contributed by atoms with E-state index in [0.29, 0.717) is 19.6 Å². The van der Waals surface area contributed by atoms with E-state index in [-0.39, 0.29) is 17.3 Å². The van der Waals surface area contributed by atoms with Crippen molar-refractivity contribution in [2.75, 3.05) is 20.1 Å². The van der Waals surface area contributed by atoms with Gasteiger partial charge in [-0.25, -0.2) is 0 Å². The standard InChI is InChI=1S/C12H17NO3.C5H10O2/c1-13-6-10(15)12(11(16)7-13)8-2-4-9(14)5-3-8;1-5(2,3)7-4-6/h2-5,10-12,14-16H,6-7H2,1H3;4H,1-3H3/t10-,11?,12?;/m1./s1. The molecule has 1 aromatic rings. The zero-order valence-electron chi connectivity index (χ0n) is 14.1. The zero-order chi connectivity index (χ0) is 17.6. The number of carbonyl (C=O) groups is 1. The molecule has 1 aliphatic rings. The molecular weight excluding hydrogens is 298 g/mol. The van der Waals surface area contributed by atoms with E-state index in [1.165, 1.54) is 0 Å². The number of piperidine rings is 1. The maximum Gasteiger partial charge on any atom is 0.293 e. The number of hydrogen-bond donors (Lipinski definition) is 3. The van der Waals surface area contributed by atoms with Crippen LogP contribution in [0.5, 0.6) is 5.75 Å². The highest BCUT2D eigenvalue weighted by atomic mass is 16.5. The third kappa shape index (κ3) is 6.56. The van der Waals surface area contributed by atoms with Gasteiger partial charge in [0.05, 0.1) is 12.2 Å². The normalized spacial score (nSPS) is 25.2. The molecular formula is C17H27NO5. The summed E-state index contributed by atoms with van der Waals surface area (Å²) in [4.78, 5) is 11.5. The van der Waals surface area contributed by atoms with Crippen molar-refractivity contribution in [1.29, 1.82) is 0 Å². The Balaban J connectivity index is 0.000000322. The van der Waals surface area contributed by atoms with Gasteiger partial charge in [-0.1, -0.05) is 12.1 Å². The Morgan fingerprint density at radius 2 is 1.61 bits per heavy atom. The summed E-state index contributed by atoms with van der Waals surface area (Å²) in [5.74, 6) is -0.0718. The van der Waals surface area contributed by atoms with E-state index >= 15 is 0 Å². The molecule has 130 valence electrons. The monoisotopic (exact) mass is 325 g/mol. The Labute approximate surface area is 137 Å². The first-order chi connectivity index (χ1) is 10.6. The number of β-amino-alcohol motifs (C(OH)–C–C–N with tert-alkyl or cyclic N) is 2. The summed E-state index contributed by atoms with van der Waals surface area (Å²) in [5.41, 5.74) is 0.549. The number of rotatable bonds is 2. The highest BCUT2D eigenvalue weighted by molar-refractivity contribution is 5.37. The predicted octanol–water partition coefficient (Wildman–Crippen LogP) is 1.10. The maximum absolute atomic E-state index is 9.97. The molecule has 0 aromatic heterocycles. The molecule has 23 heavy (non-hydrogen) atoms. The van der Waals surface area contributed by atoms with Crippen LogP contribution in [0.25, 0.3) is 0 Å². The van der Waals surface area contributed by atoms with Crippen molar-refractivity contribution in [2.24, 2.45) is 0 Å². The summed E-state index contributed by atoms with van der Waals surface area (Å²) < 4.78 is 4.55. The number of likely N-dealkylation sites (N-methyl/N-ethyl adjacent to an activating group) is 1. The Morgan fingerprint density at radius 3 is 1.96 bits per heavy atom. The summed E-state index contributed by atoms with van der Waals surface area (Å²) >= 11 is 0. The molecule has 1 heterocycles. The third-order valence-corrected chi connectivity index (χ3v) is 3.51. The number of phenols is 1. The van der Waals surface area contributed by atoms with Crippen molar-refractivity contribution in [2.45, 2.75) is 44.5 Å². The second kappa shape index (κ2) is 8.29. The molecule has 3 atom stereocenters. The van der Waals surface area contributed by atoms with Gasteiger partial charge >= 0.3 is 0 Å². The van der Waals surface area contributed by atoms with Crippen LogP contribution in [0.1, 0.15) is 32.3 Å². The van der Waals surface area contributed by atoms with Gasteiger partial charge < -0.3 is 25.0 Å². The van der Waals surface area contributed by atoms with Crippen molar-refractivity contribution < 1.29 is 24.9 Å². The lowest BCUT2D eigenvalue weighted by Crippen LogP contribution is -2.49. The Bertz CT molecular complexity index is 471. The molecule has 1 aromatic carbocycles. The summed E-state index contributed by atoms with van der Waals surface area (Å²) in [7, 11) is 1.87. The van der Waals surface area contributed by atoms with Crippen LogP contribution >= 0.6 is 0 Å². The van der Waals surface area contributed by atoms with Crippen molar-refractivity contribution >= 4 is 6.47 Å².